The van der Waals surface area contributed by atoms with E-state index in [9.17, 15) is 8.42 Å². The Labute approximate surface area is 106 Å². The number of primary sulfonamides is 1. The molecule has 0 radical (unpaired) electrons. The largest absolute Gasteiger partial charge is 0.380 e. The average molecular weight is 263 g/mol. The van der Waals surface area contributed by atoms with Gasteiger partial charge in [-0.25, -0.2) is 13.6 Å². The van der Waals surface area contributed by atoms with Gasteiger partial charge in [-0.15, -0.1) is 0 Å². The summed E-state index contributed by atoms with van der Waals surface area (Å²) in [4.78, 5) is 4.01. The predicted octanol–water partition coefficient (Wildman–Crippen LogP) is 1.34. The molecule has 6 heteroatoms. The first-order valence-electron chi connectivity index (χ1n) is 5.32. The SMILES string of the molecule is NS(=O)(=O)c1ccccc1NCc1ccncc1. The van der Waals surface area contributed by atoms with E-state index in [1.165, 1.54) is 6.07 Å². The summed E-state index contributed by atoms with van der Waals surface area (Å²) < 4.78 is 22.8. The van der Waals surface area contributed by atoms with Crippen LogP contribution in [-0.4, -0.2) is 13.4 Å². The number of pyridine rings is 1. The van der Waals surface area contributed by atoms with Crippen LogP contribution in [0, 0.1) is 0 Å². The second kappa shape index (κ2) is 5.16. The molecule has 0 aliphatic rings. The molecule has 0 atom stereocenters. The number of benzene rings is 1. The Morgan fingerprint density at radius 2 is 1.78 bits per heavy atom. The van der Waals surface area contributed by atoms with Crippen LogP contribution in [0.3, 0.4) is 0 Å². The van der Waals surface area contributed by atoms with Crippen molar-refractivity contribution >= 4 is 15.7 Å². The molecule has 0 saturated carbocycles. The molecule has 0 bridgehead atoms. The van der Waals surface area contributed by atoms with E-state index in [2.05, 4.69) is 10.3 Å². The maximum Gasteiger partial charge on any atom is 0.240 e. The van der Waals surface area contributed by atoms with Gasteiger partial charge in [0.15, 0.2) is 0 Å². The average Bonchev–Trinajstić information content (AvgIpc) is 2.37. The topological polar surface area (TPSA) is 85.1 Å². The second-order valence-corrected chi connectivity index (χ2v) is 5.28. The number of aromatic nitrogens is 1. The molecule has 3 N–H and O–H groups in total. The van der Waals surface area contributed by atoms with Gasteiger partial charge in [-0.2, -0.15) is 0 Å². The van der Waals surface area contributed by atoms with Crippen molar-refractivity contribution in [3.63, 3.8) is 0 Å². The first kappa shape index (κ1) is 12.5. The van der Waals surface area contributed by atoms with Gasteiger partial charge in [0, 0.05) is 18.9 Å². The zero-order chi connectivity index (χ0) is 13.0. The fourth-order valence-corrected chi connectivity index (χ4v) is 2.27. The lowest BCUT2D eigenvalue weighted by Crippen LogP contribution is -2.15. The van der Waals surface area contributed by atoms with Crippen LogP contribution in [0.5, 0.6) is 0 Å². The van der Waals surface area contributed by atoms with Gasteiger partial charge in [-0.1, -0.05) is 12.1 Å². The van der Waals surface area contributed by atoms with Crippen LogP contribution in [0.2, 0.25) is 0 Å². The summed E-state index contributed by atoms with van der Waals surface area (Å²) in [6.07, 6.45) is 3.37. The quantitative estimate of drug-likeness (QED) is 0.871. The number of hydrogen-bond acceptors (Lipinski definition) is 4. The molecule has 1 aromatic carbocycles. The monoisotopic (exact) mass is 263 g/mol. The van der Waals surface area contributed by atoms with Gasteiger partial charge in [-0.05, 0) is 29.8 Å². The van der Waals surface area contributed by atoms with E-state index in [0.717, 1.165) is 5.56 Å². The lowest BCUT2D eigenvalue weighted by atomic mass is 10.2. The highest BCUT2D eigenvalue weighted by Gasteiger charge is 2.12. The van der Waals surface area contributed by atoms with Crippen molar-refractivity contribution in [2.45, 2.75) is 11.4 Å². The molecule has 1 heterocycles. The predicted molar refractivity (Wildman–Crippen MR) is 69.4 cm³/mol. The van der Waals surface area contributed by atoms with Crippen LogP contribution >= 0.6 is 0 Å². The van der Waals surface area contributed by atoms with E-state index in [-0.39, 0.29) is 4.90 Å². The minimum absolute atomic E-state index is 0.0963. The Morgan fingerprint density at radius 1 is 1.11 bits per heavy atom. The maximum absolute atomic E-state index is 11.4. The normalized spacial score (nSPS) is 11.2. The van der Waals surface area contributed by atoms with Crippen LogP contribution < -0.4 is 10.5 Å². The van der Waals surface area contributed by atoms with Crippen molar-refractivity contribution < 1.29 is 8.42 Å². The minimum atomic E-state index is -3.71. The van der Waals surface area contributed by atoms with Gasteiger partial charge in [0.1, 0.15) is 4.90 Å². The van der Waals surface area contributed by atoms with Crippen molar-refractivity contribution in [1.82, 2.24) is 4.98 Å². The zero-order valence-corrected chi connectivity index (χ0v) is 10.4. The number of rotatable bonds is 4. The molecule has 0 unspecified atom stereocenters. The van der Waals surface area contributed by atoms with Crippen LogP contribution in [0.25, 0.3) is 0 Å². The van der Waals surface area contributed by atoms with E-state index < -0.39 is 10.0 Å². The standard InChI is InChI=1S/C12H13N3O2S/c13-18(16,17)12-4-2-1-3-11(12)15-9-10-5-7-14-8-6-10/h1-8,15H,9H2,(H2,13,16,17). The molecular formula is C12H13N3O2S. The summed E-state index contributed by atoms with van der Waals surface area (Å²) in [5.74, 6) is 0. The molecule has 0 spiro atoms. The molecule has 2 rings (SSSR count). The van der Waals surface area contributed by atoms with Gasteiger partial charge < -0.3 is 5.32 Å². The first-order valence-corrected chi connectivity index (χ1v) is 6.86. The summed E-state index contributed by atoms with van der Waals surface area (Å²) in [6, 6.07) is 10.3. The fourth-order valence-electron chi connectivity index (χ4n) is 1.56. The highest BCUT2D eigenvalue weighted by atomic mass is 32.2. The van der Waals surface area contributed by atoms with E-state index in [0.29, 0.717) is 12.2 Å². The second-order valence-electron chi connectivity index (χ2n) is 3.75. The number of para-hydroxylation sites is 1. The number of anilines is 1. The van der Waals surface area contributed by atoms with Crippen molar-refractivity contribution in [1.29, 1.82) is 0 Å². The summed E-state index contributed by atoms with van der Waals surface area (Å²) >= 11 is 0. The van der Waals surface area contributed by atoms with Crippen LogP contribution in [0.15, 0.2) is 53.7 Å². The van der Waals surface area contributed by atoms with Crippen LogP contribution in [0.1, 0.15) is 5.56 Å². The van der Waals surface area contributed by atoms with Crippen molar-refractivity contribution in [3.05, 3.63) is 54.4 Å². The van der Waals surface area contributed by atoms with Gasteiger partial charge in [0.05, 0.1) is 5.69 Å². The molecule has 94 valence electrons. The van der Waals surface area contributed by atoms with Crippen LogP contribution in [0.4, 0.5) is 5.69 Å². The van der Waals surface area contributed by atoms with Gasteiger partial charge in [-0.3, -0.25) is 4.98 Å². The van der Waals surface area contributed by atoms with Gasteiger partial charge in [0.2, 0.25) is 10.0 Å². The fraction of sp³-hybridized carbons (Fsp3) is 0.0833. The molecule has 5 nitrogen and oxygen atoms in total. The summed E-state index contributed by atoms with van der Waals surface area (Å²) in [7, 11) is -3.71. The third-order valence-corrected chi connectivity index (χ3v) is 3.39. The molecule has 2 aromatic rings. The van der Waals surface area contributed by atoms with E-state index in [1.807, 2.05) is 12.1 Å². The van der Waals surface area contributed by atoms with Crippen molar-refractivity contribution in [3.8, 4) is 0 Å². The molecular weight excluding hydrogens is 250 g/mol. The lowest BCUT2D eigenvalue weighted by molar-refractivity contribution is 0.598. The van der Waals surface area contributed by atoms with Gasteiger partial charge in [0.25, 0.3) is 0 Å². The number of nitrogens with zero attached hydrogens (tertiary/aromatic N) is 1. The lowest BCUT2D eigenvalue weighted by Gasteiger charge is -2.10. The summed E-state index contributed by atoms with van der Waals surface area (Å²) in [6.45, 7) is 0.509. The Bertz CT molecular complexity index is 627. The molecule has 0 saturated heterocycles. The number of nitrogens with one attached hydrogen (secondary N) is 1. The summed E-state index contributed by atoms with van der Waals surface area (Å²) in [5, 5.41) is 8.20. The summed E-state index contributed by atoms with van der Waals surface area (Å²) in [5.41, 5.74) is 1.51. The highest BCUT2D eigenvalue weighted by molar-refractivity contribution is 7.89. The smallest absolute Gasteiger partial charge is 0.240 e. The zero-order valence-electron chi connectivity index (χ0n) is 9.58. The van der Waals surface area contributed by atoms with Gasteiger partial charge >= 0.3 is 0 Å². The maximum atomic E-state index is 11.4. The Kier molecular flexibility index (Phi) is 3.59. The van der Waals surface area contributed by atoms with E-state index in [1.54, 1.807) is 30.6 Å². The molecule has 0 fully saturated rings. The number of sulfonamides is 1. The molecule has 18 heavy (non-hydrogen) atoms. The van der Waals surface area contributed by atoms with Crippen LogP contribution in [-0.2, 0) is 16.6 Å². The Balaban J connectivity index is 2.20. The molecule has 0 aliphatic carbocycles. The molecule has 0 amide bonds. The third kappa shape index (κ3) is 3.06. The Hall–Kier alpha value is -1.92. The Morgan fingerprint density at radius 3 is 2.44 bits per heavy atom. The third-order valence-electron chi connectivity index (χ3n) is 2.43. The number of hydrogen-bond donors (Lipinski definition) is 2. The van der Waals surface area contributed by atoms with E-state index >= 15 is 0 Å². The van der Waals surface area contributed by atoms with Crippen molar-refractivity contribution in [2.75, 3.05) is 5.32 Å². The molecule has 0 aliphatic heterocycles. The van der Waals surface area contributed by atoms with E-state index in [4.69, 9.17) is 5.14 Å². The number of nitrogens with two attached hydrogens (primary N) is 1. The highest BCUT2D eigenvalue weighted by Crippen LogP contribution is 2.19. The minimum Gasteiger partial charge on any atom is -0.380 e. The van der Waals surface area contributed by atoms with Crippen molar-refractivity contribution in [2.24, 2.45) is 5.14 Å². The molecule has 1 aromatic heterocycles. The first-order chi connectivity index (χ1) is 8.57.